The zero-order chi connectivity index (χ0) is 19.6. The van der Waals surface area contributed by atoms with Crippen LogP contribution < -0.4 is 10.6 Å². The lowest BCUT2D eigenvalue weighted by Crippen LogP contribution is -2.36. The summed E-state index contributed by atoms with van der Waals surface area (Å²) in [5.41, 5.74) is 2.48. The van der Waals surface area contributed by atoms with E-state index in [2.05, 4.69) is 34.6 Å². The lowest BCUT2D eigenvalue weighted by Gasteiger charge is -2.10. The van der Waals surface area contributed by atoms with E-state index in [0.717, 1.165) is 23.6 Å². The Hall–Kier alpha value is -2.83. The van der Waals surface area contributed by atoms with Crippen molar-refractivity contribution in [2.75, 3.05) is 13.2 Å². The van der Waals surface area contributed by atoms with Gasteiger partial charge in [0.1, 0.15) is 0 Å². The maximum absolute atomic E-state index is 11.7. The van der Waals surface area contributed by atoms with Gasteiger partial charge in [0.2, 0.25) is 0 Å². The Balaban J connectivity index is 1.94. The minimum atomic E-state index is -0.310. The number of carbonyl (C=O) groups is 1. The maximum atomic E-state index is 11.7. The summed E-state index contributed by atoms with van der Waals surface area (Å²) in [6, 6.07) is 9.22. The number of aromatic nitrogens is 1. The van der Waals surface area contributed by atoms with Gasteiger partial charge in [-0.15, -0.1) is 0 Å². The van der Waals surface area contributed by atoms with E-state index in [9.17, 15) is 4.79 Å². The molecule has 0 aliphatic carbocycles. The number of guanidine groups is 1. The molecular weight excluding hydrogens is 344 g/mol. The van der Waals surface area contributed by atoms with E-state index in [0.29, 0.717) is 37.1 Å². The first-order valence-corrected chi connectivity index (χ1v) is 9.27. The van der Waals surface area contributed by atoms with E-state index < -0.39 is 0 Å². The molecule has 0 aliphatic heterocycles. The fraction of sp³-hybridized carbons (Fsp3) is 0.450. The van der Waals surface area contributed by atoms with E-state index in [1.54, 1.807) is 19.1 Å². The molecule has 0 fully saturated rings. The number of rotatable bonds is 8. The molecule has 27 heavy (non-hydrogen) atoms. The van der Waals surface area contributed by atoms with Crippen molar-refractivity contribution in [2.45, 2.75) is 46.7 Å². The first-order valence-electron chi connectivity index (χ1n) is 9.27. The Bertz CT molecular complexity index is 751. The predicted octanol–water partition coefficient (Wildman–Crippen LogP) is 3.23. The number of hydrogen-bond donors (Lipinski definition) is 2. The van der Waals surface area contributed by atoms with Crippen molar-refractivity contribution >= 4 is 11.9 Å². The summed E-state index contributed by atoms with van der Waals surface area (Å²) < 4.78 is 10.3. The maximum Gasteiger partial charge on any atom is 0.338 e. The summed E-state index contributed by atoms with van der Waals surface area (Å²) in [6.07, 6.45) is 0. The van der Waals surface area contributed by atoms with Gasteiger partial charge in [0.05, 0.1) is 31.0 Å². The van der Waals surface area contributed by atoms with Crippen molar-refractivity contribution in [3.05, 3.63) is 52.9 Å². The summed E-state index contributed by atoms with van der Waals surface area (Å²) in [4.78, 5) is 16.3. The van der Waals surface area contributed by atoms with Gasteiger partial charge in [0, 0.05) is 12.6 Å². The molecule has 1 aromatic heterocycles. The first kappa shape index (κ1) is 20.5. The third-order valence-electron chi connectivity index (χ3n) is 3.83. The number of ether oxygens (including phenoxy) is 1. The molecule has 0 atom stereocenters. The minimum absolute atomic E-state index is 0.310. The summed E-state index contributed by atoms with van der Waals surface area (Å²) in [6.45, 7) is 10.1. The number of hydrogen-bond acceptors (Lipinski definition) is 5. The van der Waals surface area contributed by atoms with E-state index in [1.165, 1.54) is 0 Å². The van der Waals surface area contributed by atoms with Crippen LogP contribution in [0.25, 0.3) is 0 Å². The average molecular weight is 372 g/mol. The monoisotopic (exact) mass is 372 g/mol. The number of nitrogens with one attached hydrogen (secondary N) is 2. The molecule has 0 bridgehead atoms. The van der Waals surface area contributed by atoms with E-state index in [-0.39, 0.29) is 5.97 Å². The van der Waals surface area contributed by atoms with Crippen LogP contribution in [0, 0.1) is 0 Å². The highest BCUT2D eigenvalue weighted by Gasteiger charge is 2.08. The van der Waals surface area contributed by atoms with Crippen LogP contribution in [-0.2, 0) is 17.8 Å². The van der Waals surface area contributed by atoms with E-state index >= 15 is 0 Å². The van der Waals surface area contributed by atoms with Gasteiger partial charge < -0.3 is 19.9 Å². The second-order valence-corrected chi connectivity index (χ2v) is 6.34. The molecule has 1 aromatic carbocycles. The number of aliphatic imine (C=N–C) groups is 1. The van der Waals surface area contributed by atoms with Gasteiger partial charge in [-0.2, -0.15) is 0 Å². The van der Waals surface area contributed by atoms with E-state index in [4.69, 9.17) is 9.26 Å². The molecule has 146 valence electrons. The minimum Gasteiger partial charge on any atom is -0.462 e. The number of esters is 1. The zero-order valence-corrected chi connectivity index (χ0v) is 16.4. The van der Waals surface area contributed by atoms with Crippen LogP contribution in [0.1, 0.15) is 61.0 Å². The lowest BCUT2D eigenvalue weighted by atomic mass is 10.1. The zero-order valence-electron chi connectivity index (χ0n) is 16.4. The summed E-state index contributed by atoms with van der Waals surface area (Å²) in [5, 5.41) is 10.5. The van der Waals surface area contributed by atoms with Gasteiger partial charge >= 0.3 is 5.97 Å². The van der Waals surface area contributed by atoms with Gasteiger partial charge in [0.15, 0.2) is 11.7 Å². The highest BCUT2D eigenvalue weighted by Crippen LogP contribution is 2.13. The lowest BCUT2D eigenvalue weighted by molar-refractivity contribution is 0.0526. The van der Waals surface area contributed by atoms with Gasteiger partial charge in [-0.05, 0) is 37.5 Å². The molecule has 7 heteroatoms. The van der Waals surface area contributed by atoms with E-state index in [1.807, 2.05) is 25.1 Å². The molecule has 0 saturated carbocycles. The molecular formula is C20H28N4O3. The van der Waals surface area contributed by atoms with Crippen LogP contribution in [0.3, 0.4) is 0 Å². The van der Waals surface area contributed by atoms with Crippen molar-refractivity contribution < 1.29 is 14.1 Å². The van der Waals surface area contributed by atoms with Gasteiger partial charge in [-0.1, -0.05) is 31.1 Å². The van der Waals surface area contributed by atoms with Crippen molar-refractivity contribution in [2.24, 2.45) is 4.99 Å². The highest BCUT2D eigenvalue weighted by atomic mass is 16.5. The summed E-state index contributed by atoms with van der Waals surface area (Å²) in [7, 11) is 0. The fourth-order valence-corrected chi connectivity index (χ4v) is 2.33. The van der Waals surface area contributed by atoms with Crippen LogP contribution in [-0.4, -0.2) is 30.2 Å². The van der Waals surface area contributed by atoms with Gasteiger partial charge in [-0.3, -0.25) is 0 Å². The number of carbonyl (C=O) groups excluding carboxylic acids is 1. The first-order chi connectivity index (χ1) is 13.0. The highest BCUT2D eigenvalue weighted by molar-refractivity contribution is 5.89. The molecule has 1 heterocycles. The summed E-state index contributed by atoms with van der Waals surface area (Å²) >= 11 is 0. The molecule has 2 rings (SSSR count). The Labute approximate surface area is 160 Å². The smallest absolute Gasteiger partial charge is 0.338 e. The molecule has 7 nitrogen and oxygen atoms in total. The molecule has 0 spiro atoms. The second-order valence-electron chi connectivity index (χ2n) is 6.34. The fourth-order valence-electron chi connectivity index (χ4n) is 2.33. The third kappa shape index (κ3) is 6.44. The molecule has 0 amide bonds. The second kappa shape index (κ2) is 10.4. The van der Waals surface area contributed by atoms with Crippen LogP contribution in [0.15, 0.2) is 39.8 Å². The largest absolute Gasteiger partial charge is 0.462 e. The predicted molar refractivity (Wildman–Crippen MR) is 105 cm³/mol. The SMILES string of the molecule is CCNC(=NCc1ccc(C(=O)OCC)cc1)NCc1cc(C(C)C)no1. The molecule has 0 unspecified atom stereocenters. The molecule has 0 saturated heterocycles. The number of benzene rings is 1. The van der Waals surface area contributed by atoms with Crippen molar-refractivity contribution in [1.82, 2.24) is 15.8 Å². The van der Waals surface area contributed by atoms with Gasteiger partial charge in [0.25, 0.3) is 0 Å². The Morgan fingerprint density at radius 3 is 2.56 bits per heavy atom. The quantitative estimate of drug-likeness (QED) is 0.420. The Morgan fingerprint density at radius 1 is 1.22 bits per heavy atom. The summed E-state index contributed by atoms with van der Waals surface area (Å²) in [5.74, 6) is 1.48. The molecule has 0 radical (unpaired) electrons. The van der Waals surface area contributed by atoms with Gasteiger partial charge in [-0.25, -0.2) is 9.79 Å². The molecule has 2 N–H and O–H groups in total. The van der Waals surface area contributed by atoms with Crippen molar-refractivity contribution in [1.29, 1.82) is 0 Å². The van der Waals surface area contributed by atoms with Crippen LogP contribution in [0.2, 0.25) is 0 Å². The van der Waals surface area contributed by atoms with Crippen molar-refractivity contribution in [3.63, 3.8) is 0 Å². The topological polar surface area (TPSA) is 88.8 Å². The Morgan fingerprint density at radius 2 is 1.96 bits per heavy atom. The van der Waals surface area contributed by atoms with Crippen LogP contribution in [0.4, 0.5) is 0 Å². The van der Waals surface area contributed by atoms with Crippen LogP contribution in [0.5, 0.6) is 0 Å². The van der Waals surface area contributed by atoms with Crippen molar-refractivity contribution in [3.8, 4) is 0 Å². The Kier molecular flexibility index (Phi) is 7.85. The normalized spacial score (nSPS) is 11.5. The molecule has 0 aliphatic rings. The molecule has 2 aromatic rings. The van der Waals surface area contributed by atoms with Crippen LogP contribution >= 0.6 is 0 Å². The average Bonchev–Trinajstić information content (AvgIpc) is 3.14. The number of nitrogens with zero attached hydrogens (tertiary/aromatic N) is 2. The standard InChI is InChI=1S/C20H28N4O3/c1-5-21-20(23-13-17-11-18(14(3)4)24-27-17)22-12-15-7-9-16(10-8-15)19(25)26-6-2/h7-11,14H,5-6,12-13H2,1-4H3,(H2,21,22,23). The third-order valence-corrected chi connectivity index (χ3v) is 3.83.